The number of rotatable bonds is 6. The molecule has 1 aromatic carbocycles. The summed E-state index contributed by atoms with van der Waals surface area (Å²) in [5.74, 6) is -1.28. The average molecular weight is 277 g/mol. The number of esters is 2. The molecule has 0 spiro atoms. The summed E-state index contributed by atoms with van der Waals surface area (Å²) in [5.41, 5.74) is 9.03. The predicted molar refractivity (Wildman–Crippen MR) is 70.9 cm³/mol. The lowest BCUT2D eigenvalue weighted by atomic mass is 10.0. The largest absolute Gasteiger partial charge is 0.465 e. The Kier molecular flexibility index (Phi) is 6.06. The van der Waals surface area contributed by atoms with E-state index in [1.165, 1.54) is 12.1 Å². The fourth-order valence-electron chi connectivity index (χ4n) is 1.64. The topological polar surface area (TPSA) is 101 Å². The fourth-order valence-corrected chi connectivity index (χ4v) is 1.64. The summed E-state index contributed by atoms with van der Waals surface area (Å²) in [6.45, 7) is 3.68. The molecule has 7 nitrogen and oxygen atoms in total. The molecular formula is C13H15N3O4. The van der Waals surface area contributed by atoms with Crippen LogP contribution in [0.2, 0.25) is 0 Å². The van der Waals surface area contributed by atoms with E-state index < -0.39 is 18.0 Å². The van der Waals surface area contributed by atoms with Crippen molar-refractivity contribution in [3.63, 3.8) is 0 Å². The molecule has 0 heterocycles. The number of carbonyl (C=O) groups excluding carboxylic acids is 2. The molecule has 106 valence electrons. The summed E-state index contributed by atoms with van der Waals surface area (Å²) in [6, 6.07) is 5.10. The minimum Gasteiger partial charge on any atom is -0.465 e. The smallest absolute Gasteiger partial charge is 0.338 e. The average Bonchev–Trinajstić information content (AvgIpc) is 2.45. The second kappa shape index (κ2) is 7.81. The highest BCUT2D eigenvalue weighted by atomic mass is 16.5. The van der Waals surface area contributed by atoms with Gasteiger partial charge in [0.1, 0.15) is 0 Å². The van der Waals surface area contributed by atoms with Crippen LogP contribution in [0.25, 0.3) is 10.4 Å². The van der Waals surface area contributed by atoms with E-state index in [2.05, 4.69) is 10.0 Å². The molecule has 0 amide bonds. The fraction of sp³-hybridized carbons (Fsp3) is 0.385. The number of hydrogen-bond donors (Lipinski definition) is 0. The first-order chi connectivity index (χ1) is 9.65. The van der Waals surface area contributed by atoms with Gasteiger partial charge in [0.15, 0.2) is 6.04 Å². The van der Waals surface area contributed by atoms with E-state index in [1.807, 2.05) is 0 Å². The molecule has 1 rings (SSSR count). The molecule has 0 saturated carbocycles. The molecule has 0 aliphatic carbocycles. The highest BCUT2D eigenvalue weighted by Gasteiger charge is 2.25. The SMILES string of the molecule is CCOC(=O)c1ccccc1C(N=[N+]=[N-])C(=O)OCC. The van der Waals surface area contributed by atoms with E-state index in [0.717, 1.165) is 0 Å². The van der Waals surface area contributed by atoms with Crippen molar-refractivity contribution in [3.8, 4) is 0 Å². The Morgan fingerprint density at radius 3 is 2.50 bits per heavy atom. The molecular weight excluding hydrogens is 262 g/mol. The van der Waals surface area contributed by atoms with Crippen LogP contribution in [0.1, 0.15) is 35.8 Å². The van der Waals surface area contributed by atoms with Crippen LogP contribution in [0.15, 0.2) is 29.4 Å². The summed E-state index contributed by atoms with van der Waals surface area (Å²) in [5, 5.41) is 3.41. The Labute approximate surface area is 116 Å². The van der Waals surface area contributed by atoms with Crippen LogP contribution in [-0.2, 0) is 14.3 Å². The Morgan fingerprint density at radius 1 is 1.25 bits per heavy atom. The Balaban J connectivity index is 3.23. The maximum Gasteiger partial charge on any atom is 0.338 e. The second-order valence-electron chi connectivity index (χ2n) is 3.67. The van der Waals surface area contributed by atoms with E-state index in [4.69, 9.17) is 15.0 Å². The predicted octanol–water partition coefficient (Wildman–Crippen LogP) is 2.78. The molecule has 0 saturated heterocycles. The molecule has 0 aliphatic heterocycles. The van der Waals surface area contributed by atoms with E-state index in [1.54, 1.807) is 26.0 Å². The lowest BCUT2D eigenvalue weighted by molar-refractivity contribution is -0.144. The molecule has 20 heavy (non-hydrogen) atoms. The second-order valence-corrected chi connectivity index (χ2v) is 3.67. The van der Waals surface area contributed by atoms with E-state index in [9.17, 15) is 9.59 Å². The summed E-state index contributed by atoms with van der Waals surface area (Å²) in [6.07, 6.45) is 0. The third-order valence-electron chi connectivity index (χ3n) is 2.43. The minimum atomic E-state index is -1.21. The molecule has 7 heteroatoms. The van der Waals surface area contributed by atoms with Crippen molar-refractivity contribution in [3.05, 3.63) is 45.8 Å². The van der Waals surface area contributed by atoms with Crippen LogP contribution >= 0.6 is 0 Å². The van der Waals surface area contributed by atoms with Crippen LogP contribution in [0.4, 0.5) is 0 Å². The molecule has 0 bridgehead atoms. The van der Waals surface area contributed by atoms with Gasteiger partial charge in [0.05, 0.1) is 18.8 Å². The van der Waals surface area contributed by atoms with Gasteiger partial charge < -0.3 is 9.47 Å². The Hall–Kier alpha value is -2.53. The third-order valence-corrected chi connectivity index (χ3v) is 2.43. The van der Waals surface area contributed by atoms with Crippen molar-refractivity contribution in [2.75, 3.05) is 13.2 Å². The first kappa shape index (κ1) is 15.5. The van der Waals surface area contributed by atoms with Crippen LogP contribution in [-0.4, -0.2) is 25.2 Å². The molecule has 0 aliphatic rings. The number of hydrogen-bond acceptors (Lipinski definition) is 5. The van der Waals surface area contributed by atoms with Gasteiger partial charge in [-0.05, 0) is 31.0 Å². The van der Waals surface area contributed by atoms with Gasteiger partial charge in [0, 0.05) is 4.91 Å². The number of ether oxygens (including phenoxy) is 2. The Bertz CT molecular complexity index is 538. The third kappa shape index (κ3) is 3.73. The van der Waals surface area contributed by atoms with Crippen molar-refractivity contribution < 1.29 is 19.1 Å². The van der Waals surface area contributed by atoms with Crippen molar-refractivity contribution in [2.24, 2.45) is 5.11 Å². The van der Waals surface area contributed by atoms with E-state index >= 15 is 0 Å². The van der Waals surface area contributed by atoms with Crippen molar-refractivity contribution in [1.29, 1.82) is 0 Å². The van der Waals surface area contributed by atoms with Crippen molar-refractivity contribution >= 4 is 11.9 Å². The first-order valence-corrected chi connectivity index (χ1v) is 6.12. The number of azide groups is 1. The maximum atomic E-state index is 11.8. The minimum absolute atomic E-state index is 0.151. The molecule has 0 fully saturated rings. The van der Waals surface area contributed by atoms with E-state index in [0.29, 0.717) is 0 Å². The number of benzene rings is 1. The normalized spacial score (nSPS) is 11.1. The van der Waals surface area contributed by atoms with Gasteiger partial charge in [0.2, 0.25) is 0 Å². The molecule has 0 radical (unpaired) electrons. The van der Waals surface area contributed by atoms with Crippen LogP contribution < -0.4 is 0 Å². The zero-order valence-electron chi connectivity index (χ0n) is 11.3. The van der Waals surface area contributed by atoms with E-state index in [-0.39, 0.29) is 24.3 Å². The maximum absolute atomic E-state index is 11.8. The molecule has 1 unspecified atom stereocenters. The lowest BCUT2D eigenvalue weighted by Crippen LogP contribution is -2.17. The van der Waals surface area contributed by atoms with Gasteiger partial charge >= 0.3 is 11.9 Å². The standard InChI is InChI=1S/C13H15N3O4/c1-3-19-12(17)10-8-6-5-7-9(10)11(15-16-14)13(18)20-4-2/h5-8,11H,3-4H2,1-2H3. The van der Waals surface area contributed by atoms with Crippen LogP contribution in [0, 0.1) is 0 Å². The molecule has 1 aromatic rings. The zero-order chi connectivity index (χ0) is 15.0. The van der Waals surface area contributed by atoms with Gasteiger partial charge in [-0.15, -0.1) is 0 Å². The van der Waals surface area contributed by atoms with Crippen molar-refractivity contribution in [2.45, 2.75) is 19.9 Å². The summed E-state index contributed by atoms with van der Waals surface area (Å²) in [4.78, 5) is 26.3. The summed E-state index contributed by atoms with van der Waals surface area (Å²) >= 11 is 0. The lowest BCUT2D eigenvalue weighted by Gasteiger charge is -2.14. The van der Waals surface area contributed by atoms with Crippen LogP contribution in [0.5, 0.6) is 0 Å². The molecule has 0 aromatic heterocycles. The first-order valence-electron chi connectivity index (χ1n) is 6.12. The number of nitrogens with zero attached hydrogens (tertiary/aromatic N) is 3. The number of carbonyl (C=O) groups is 2. The van der Waals surface area contributed by atoms with Gasteiger partial charge in [-0.3, -0.25) is 4.79 Å². The van der Waals surface area contributed by atoms with Gasteiger partial charge in [-0.2, -0.15) is 0 Å². The van der Waals surface area contributed by atoms with Gasteiger partial charge in [0.25, 0.3) is 0 Å². The van der Waals surface area contributed by atoms with Gasteiger partial charge in [-0.1, -0.05) is 23.3 Å². The summed E-state index contributed by atoms with van der Waals surface area (Å²) in [7, 11) is 0. The highest BCUT2D eigenvalue weighted by molar-refractivity contribution is 5.93. The van der Waals surface area contributed by atoms with Gasteiger partial charge in [-0.25, -0.2) is 4.79 Å². The Morgan fingerprint density at radius 2 is 1.90 bits per heavy atom. The van der Waals surface area contributed by atoms with Crippen molar-refractivity contribution in [1.82, 2.24) is 0 Å². The quantitative estimate of drug-likeness (QED) is 0.345. The molecule has 1 atom stereocenters. The zero-order valence-corrected chi connectivity index (χ0v) is 11.3. The monoisotopic (exact) mass is 277 g/mol. The summed E-state index contributed by atoms with van der Waals surface area (Å²) < 4.78 is 9.76. The highest BCUT2D eigenvalue weighted by Crippen LogP contribution is 2.24. The molecule has 0 N–H and O–H groups in total. The van der Waals surface area contributed by atoms with Crippen LogP contribution in [0.3, 0.4) is 0 Å².